The Morgan fingerprint density at radius 3 is 2.50 bits per heavy atom. The monoisotopic (exact) mass is 357 g/mol. The van der Waals surface area contributed by atoms with Gasteiger partial charge in [0.15, 0.2) is 5.11 Å². The van der Waals surface area contributed by atoms with Crippen LogP contribution < -0.4 is 10.6 Å². The molecule has 0 saturated heterocycles. The number of benzene rings is 3. The number of halogens is 1. The zero-order valence-electron chi connectivity index (χ0n) is 12.3. The standard InChI is InChI=1S/C17H12ClN3O2S/c18-15-8-7-14(21(22)23)10-16(15)20-17(24)19-13-6-5-11-3-1-2-4-12(11)9-13/h1-10H,(H2,19,20,24). The molecule has 3 rings (SSSR count). The molecule has 5 nitrogen and oxygen atoms in total. The van der Waals surface area contributed by atoms with Crippen molar-refractivity contribution in [3.63, 3.8) is 0 Å². The van der Waals surface area contributed by atoms with Crippen molar-refractivity contribution >= 4 is 56.8 Å². The lowest BCUT2D eigenvalue weighted by molar-refractivity contribution is -0.384. The van der Waals surface area contributed by atoms with Crippen LogP contribution in [0.25, 0.3) is 10.8 Å². The second-order valence-corrected chi connectivity index (χ2v) is 5.88. The molecule has 7 heteroatoms. The van der Waals surface area contributed by atoms with Crippen LogP contribution in [0.1, 0.15) is 0 Å². The van der Waals surface area contributed by atoms with Crippen LogP contribution in [0.15, 0.2) is 60.7 Å². The third kappa shape index (κ3) is 3.61. The molecule has 3 aromatic rings. The van der Waals surface area contributed by atoms with Gasteiger partial charge in [-0.2, -0.15) is 0 Å². The summed E-state index contributed by atoms with van der Waals surface area (Å²) in [6.07, 6.45) is 0. The number of rotatable bonds is 3. The normalized spacial score (nSPS) is 10.4. The van der Waals surface area contributed by atoms with Crippen molar-refractivity contribution in [1.82, 2.24) is 0 Å². The van der Waals surface area contributed by atoms with E-state index in [1.54, 1.807) is 0 Å². The van der Waals surface area contributed by atoms with Gasteiger partial charge in [0.2, 0.25) is 0 Å². The summed E-state index contributed by atoms with van der Waals surface area (Å²) in [4.78, 5) is 10.4. The third-order valence-electron chi connectivity index (χ3n) is 3.42. The predicted molar refractivity (Wildman–Crippen MR) is 102 cm³/mol. The molecule has 0 unspecified atom stereocenters. The van der Waals surface area contributed by atoms with E-state index in [1.165, 1.54) is 18.2 Å². The van der Waals surface area contributed by atoms with Crippen LogP contribution in [-0.4, -0.2) is 10.0 Å². The quantitative estimate of drug-likeness (QED) is 0.382. The fraction of sp³-hybridized carbons (Fsp3) is 0. The SMILES string of the molecule is O=[N+]([O-])c1ccc(Cl)c(NC(=S)Nc2ccc3ccccc3c2)c1. The first kappa shape index (κ1) is 16.2. The average molecular weight is 358 g/mol. The minimum atomic E-state index is -0.485. The van der Waals surface area contributed by atoms with Crippen molar-refractivity contribution < 1.29 is 4.92 Å². The zero-order valence-corrected chi connectivity index (χ0v) is 13.9. The van der Waals surface area contributed by atoms with Crippen molar-refractivity contribution in [2.24, 2.45) is 0 Å². The molecule has 0 aliphatic carbocycles. The van der Waals surface area contributed by atoms with Gasteiger partial charge in [-0.25, -0.2) is 0 Å². The van der Waals surface area contributed by atoms with Crippen LogP contribution in [0.5, 0.6) is 0 Å². The highest BCUT2D eigenvalue weighted by Gasteiger charge is 2.11. The van der Waals surface area contributed by atoms with Crippen molar-refractivity contribution in [3.8, 4) is 0 Å². The van der Waals surface area contributed by atoms with E-state index in [1.807, 2.05) is 42.5 Å². The first-order chi connectivity index (χ1) is 11.5. The van der Waals surface area contributed by atoms with Gasteiger partial charge in [0.25, 0.3) is 5.69 Å². The maximum absolute atomic E-state index is 10.9. The van der Waals surface area contributed by atoms with Gasteiger partial charge >= 0.3 is 0 Å². The average Bonchev–Trinajstić information content (AvgIpc) is 2.56. The molecule has 0 aliphatic rings. The van der Waals surface area contributed by atoms with E-state index in [2.05, 4.69) is 10.6 Å². The molecular weight excluding hydrogens is 346 g/mol. The van der Waals surface area contributed by atoms with E-state index >= 15 is 0 Å². The van der Waals surface area contributed by atoms with Crippen molar-refractivity contribution in [1.29, 1.82) is 0 Å². The van der Waals surface area contributed by atoms with Gasteiger partial charge in [-0.15, -0.1) is 0 Å². The van der Waals surface area contributed by atoms with Gasteiger partial charge in [0.1, 0.15) is 0 Å². The molecule has 0 heterocycles. The third-order valence-corrected chi connectivity index (χ3v) is 3.95. The minimum Gasteiger partial charge on any atom is -0.332 e. The minimum absolute atomic E-state index is 0.0598. The van der Waals surface area contributed by atoms with E-state index < -0.39 is 4.92 Å². The highest BCUT2D eigenvalue weighted by Crippen LogP contribution is 2.27. The number of hydrogen-bond donors (Lipinski definition) is 2. The Bertz CT molecular complexity index is 946. The Labute approximate surface area is 148 Å². The van der Waals surface area contributed by atoms with Gasteiger partial charge in [0.05, 0.1) is 15.6 Å². The maximum Gasteiger partial charge on any atom is 0.271 e. The highest BCUT2D eigenvalue weighted by molar-refractivity contribution is 7.80. The molecular formula is C17H12ClN3O2S. The second-order valence-electron chi connectivity index (χ2n) is 5.06. The Morgan fingerprint density at radius 1 is 1.00 bits per heavy atom. The zero-order chi connectivity index (χ0) is 17.1. The van der Waals surface area contributed by atoms with Gasteiger partial charge in [-0.3, -0.25) is 10.1 Å². The van der Waals surface area contributed by atoms with Gasteiger partial charge in [-0.1, -0.05) is 41.9 Å². The molecule has 3 aromatic carbocycles. The van der Waals surface area contributed by atoms with E-state index in [-0.39, 0.29) is 5.69 Å². The van der Waals surface area contributed by atoms with Crippen LogP contribution in [0, 0.1) is 10.1 Å². The lowest BCUT2D eigenvalue weighted by atomic mass is 10.1. The number of thiocarbonyl (C=S) groups is 1. The number of non-ortho nitro benzene ring substituents is 1. The van der Waals surface area contributed by atoms with Crippen LogP contribution in [0.3, 0.4) is 0 Å². The summed E-state index contributed by atoms with van der Waals surface area (Å²) >= 11 is 11.3. The molecule has 0 fully saturated rings. The highest BCUT2D eigenvalue weighted by atomic mass is 35.5. The molecule has 0 amide bonds. The van der Waals surface area contributed by atoms with Crippen LogP contribution in [0.2, 0.25) is 5.02 Å². The number of fused-ring (bicyclic) bond motifs is 1. The Kier molecular flexibility index (Phi) is 4.59. The number of anilines is 2. The number of nitro benzene ring substituents is 1. The summed E-state index contributed by atoms with van der Waals surface area (Å²) in [6.45, 7) is 0. The van der Waals surface area contributed by atoms with E-state index in [4.69, 9.17) is 23.8 Å². The van der Waals surface area contributed by atoms with Gasteiger partial charge in [-0.05, 0) is 41.2 Å². The number of nitro groups is 1. The largest absolute Gasteiger partial charge is 0.332 e. The summed E-state index contributed by atoms with van der Waals surface area (Å²) in [7, 11) is 0. The second kappa shape index (κ2) is 6.82. The number of nitrogens with one attached hydrogen (secondary N) is 2. The first-order valence-corrected chi connectivity index (χ1v) is 7.82. The van der Waals surface area contributed by atoms with Gasteiger partial charge in [0, 0.05) is 17.8 Å². The molecule has 0 atom stereocenters. The Morgan fingerprint density at radius 2 is 1.75 bits per heavy atom. The molecule has 0 saturated carbocycles. The van der Waals surface area contributed by atoms with E-state index in [0.717, 1.165) is 16.5 Å². The topological polar surface area (TPSA) is 67.2 Å². The molecule has 0 aromatic heterocycles. The Hall–Kier alpha value is -2.70. The molecule has 0 radical (unpaired) electrons. The Balaban J connectivity index is 1.77. The van der Waals surface area contributed by atoms with Crippen molar-refractivity contribution in [2.45, 2.75) is 0 Å². The number of hydrogen-bond acceptors (Lipinski definition) is 3. The predicted octanol–water partition coefficient (Wildman–Crippen LogP) is 5.21. The first-order valence-electron chi connectivity index (χ1n) is 7.04. The van der Waals surface area contributed by atoms with E-state index in [0.29, 0.717) is 15.8 Å². The van der Waals surface area contributed by atoms with Crippen molar-refractivity contribution in [2.75, 3.05) is 10.6 Å². The fourth-order valence-corrected chi connectivity index (χ4v) is 2.67. The lowest BCUT2D eigenvalue weighted by Gasteiger charge is -2.12. The van der Waals surface area contributed by atoms with Crippen LogP contribution >= 0.6 is 23.8 Å². The summed E-state index contributed by atoms with van der Waals surface area (Å²) in [5, 5.41) is 19.6. The van der Waals surface area contributed by atoms with Gasteiger partial charge < -0.3 is 10.6 Å². The molecule has 24 heavy (non-hydrogen) atoms. The fourth-order valence-electron chi connectivity index (χ4n) is 2.27. The molecule has 0 aliphatic heterocycles. The summed E-state index contributed by atoms with van der Waals surface area (Å²) in [5.41, 5.74) is 1.13. The smallest absolute Gasteiger partial charge is 0.271 e. The van der Waals surface area contributed by atoms with Crippen molar-refractivity contribution in [3.05, 3.63) is 75.8 Å². The maximum atomic E-state index is 10.9. The number of nitrogens with zero attached hydrogens (tertiary/aromatic N) is 1. The van der Waals surface area contributed by atoms with Crippen LogP contribution in [-0.2, 0) is 0 Å². The van der Waals surface area contributed by atoms with E-state index in [9.17, 15) is 10.1 Å². The molecule has 0 bridgehead atoms. The summed E-state index contributed by atoms with van der Waals surface area (Å²) < 4.78 is 0. The molecule has 0 spiro atoms. The summed E-state index contributed by atoms with van der Waals surface area (Å²) in [5.74, 6) is 0. The lowest BCUT2D eigenvalue weighted by Crippen LogP contribution is -2.19. The molecule has 120 valence electrons. The summed E-state index contributed by atoms with van der Waals surface area (Å²) in [6, 6.07) is 18.0. The molecule has 2 N–H and O–H groups in total. The van der Waals surface area contributed by atoms with Crippen LogP contribution in [0.4, 0.5) is 17.1 Å².